The number of fused-ring (bicyclic) bond motifs is 1. The molecule has 1 fully saturated rings. The van der Waals surface area contributed by atoms with Crippen molar-refractivity contribution in [1.29, 1.82) is 0 Å². The molecule has 0 radical (unpaired) electrons. The molecule has 1 saturated heterocycles. The first-order valence-corrected chi connectivity index (χ1v) is 15.1. The lowest BCUT2D eigenvalue weighted by Gasteiger charge is -2.41. The number of anilines is 1. The van der Waals surface area contributed by atoms with Crippen LogP contribution < -0.4 is 10.2 Å². The Labute approximate surface area is 241 Å². The normalized spacial score (nSPS) is 19.5. The SMILES string of the molecule is COCCN1C(=O)c2ccccc2[C@@H](C(=O)NCCCN2CCN(c3cc(C)ccc3C)CC2)[C@H]1c1cccs1. The molecule has 5 rings (SSSR count). The highest BCUT2D eigenvalue weighted by Crippen LogP contribution is 2.44. The molecule has 0 aliphatic carbocycles. The smallest absolute Gasteiger partial charge is 0.254 e. The molecule has 3 heterocycles. The second kappa shape index (κ2) is 13.0. The fourth-order valence-electron chi connectivity index (χ4n) is 5.98. The molecular formula is C32H40N4O3S. The number of nitrogens with zero attached hydrogens (tertiary/aromatic N) is 3. The first-order chi connectivity index (χ1) is 19.5. The number of thiophene rings is 1. The lowest BCUT2D eigenvalue weighted by Crippen LogP contribution is -2.49. The highest BCUT2D eigenvalue weighted by Gasteiger charge is 2.44. The van der Waals surface area contributed by atoms with Crippen molar-refractivity contribution < 1.29 is 14.3 Å². The maximum absolute atomic E-state index is 13.8. The average molecular weight is 561 g/mol. The standard InChI is InChI=1S/C32H40N4O3S/c1-23-11-12-24(2)27(22-23)35-17-15-34(16-18-35)14-7-13-33-31(37)29-25-8-4-5-9-26(25)32(38)36(19-20-39-3)30(29)28-10-6-21-40-28/h4-6,8-12,21-22,29-30H,7,13-20H2,1-3H3,(H,33,37)/t29-,30-/m1/s1. The van der Waals surface area contributed by atoms with Gasteiger partial charge in [-0.15, -0.1) is 11.3 Å². The molecule has 2 amide bonds. The molecule has 7 nitrogen and oxygen atoms in total. The molecule has 0 saturated carbocycles. The Kier molecular flexibility index (Phi) is 9.19. The predicted molar refractivity (Wildman–Crippen MR) is 161 cm³/mol. The Morgan fingerprint density at radius 2 is 1.82 bits per heavy atom. The molecule has 2 aliphatic heterocycles. The summed E-state index contributed by atoms with van der Waals surface area (Å²) in [7, 11) is 1.64. The number of piperazine rings is 1. The van der Waals surface area contributed by atoms with E-state index in [1.165, 1.54) is 16.8 Å². The van der Waals surface area contributed by atoms with Crippen molar-refractivity contribution in [1.82, 2.24) is 15.1 Å². The highest BCUT2D eigenvalue weighted by atomic mass is 32.1. The van der Waals surface area contributed by atoms with Crippen LogP contribution in [-0.4, -0.2) is 81.1 Å². The summed E-state index contributed by atoms with van der Waals surface area (Å²) >= 11 is 1.59. The Morgan fingerprint density at radius 1 is 1.02 bits per heavy atom. The molecule has 1 aromatic heterocycles. The number of methoxy groups -OCH3 is 1. The van der Waals surface area contributed by atoms with Gasteiger partial charge in [0.05, 0.1) is 18.6 Å². The summed E-state index contributed by atoms with van der Waals surface area (Å²) in [6.45, 7) is 10.8. The number of amides is 2. The largest absolute Gasteiger partial charge is 0.383 e. The van der Waals surface area contributed by atoms with Gasteiger partial charge in [0, 0.05) is 62.5 Å². The minimum Gasteiger partial charge on any atom is -0.383 e. The summed E-state index contributed by atoms with van der Waals surface area (Å²) in [5, 5.41) is 5.23. The van der Waals surface area contributed by atoms with Crippen molar-refractivity contribution >= 4 is 28.8 Å². The third kappa shape index (κ3) is 6.09. The third-order valence-electron chi connectivity index (χ3n) is 8.12. The molecule has 212 valence electrons. The van der Waals surface area contributed by atoms with Crippen molar-refractivity contribution in [3.05, 3.63) is 87.1 Å². The van der Waals surface area contributed by atoms with E-state index in [0.717, 1.165) is 49.6 Å². The summed E-state index contributed by atoms with van der Waals surface area (Å²) in [6.07, 6.45) is 0.888. The van der Waals surface area contributed by atoms with Crippen molar-refractivity contribution in [3.63, 3.8) is 0 Å². The van der Waals surface area contributed by atoms with Crippen molar-refractivity contribution in [3.8, 4) is 0 Å². The molecule has 0 unspecified atom stereocenters. The molecule has 2 aromatic carbocycles. The van der Waals surface area contributed by atoms with Crippen LogP contribution in [0.25, 0.3) is 0 Å². The number of nitrogens with one attached hydrogen (secondary N) is 1. The van der Waals surface area contributed by atoms with Gasteiger partial charge in [-0.3, -0.25) is 14.5 Å². The van der Waals surface area contributed by atoms with Crippen LogP contribution in [0.4, 0.5) is 5.69 Å². The van der Waals surface area contributed by atoms with Gasteiger partial charge >= 0.3 is 0 Å². The van der Waals surface area contributed by atoms with Gasteiger partial charge in [0.25, 0.3) is 5.91 Å². The van der Waals surface area contributed by atoms with Gasteiger partial charge in [-0.25, -0.2) is 0 Å². The molecule has 0 spiro atoms. The fraction of sp³-hybridized carbons (Fsp3) is 0.438. The van der Waals surface area contributed by atoms with Gasteiger partial charge in [0.1, 0.15) is 0 Å². The van der Waals surface area contributed by atoms with Crippen LogP contribution in [0.2, 0.25) is 0 Å². The highest BCUT2D eigenvalue weighted by molar-refractivity contribution is 7.10. The van der Waals surface area contributed by atoms with Crippen LogP contribution in [0.5, 0.6) is 0 Å². The van der Waals surface area contributed by atoms with Crippen LogP contribution in [0.1, 0.15) is 50.3 Å². The second-order valence-corrected chi connectivity index (χ2v) is 11.8. The molecule has 0 bridgehead atoms. The van der Waals surface area contributed by atoms with E-state index >= 15 is 0 Å². The van der Waals surface area contributed by atoms with Crippen molar-refractivity contribution in [2.45, 2.75) is 32.2 Å². The number of hydrogen-bond acceptors (Lipinski definition) is 6. The summed E-state index contributed by atoms with van der Waals surface area (Å²) in [5.41, 5.74) is 5.38. The average Bonchev–Trinajstić information content (AvgIpc) is 3.51. The quantitative estimate of drug-likeness (QED) is 0.367. The zero-order chi connectivity index (χ0) is 28.1. The lowest BCUT2D eigenvalue weighted by atomic mass is 9.81. The lowest BCUT2D eigenvalue weighted by molar-refractivity contribution is -0.124. The van der Waals surface area contributed by atoms with E-state index in [-0.39, 0.29) is 17.9 Å². The van der Waals surface area contributed by atoms with Gasteiger partial charge in [-0.2, -0.15) is 0 Å². The summed E-state index contributed by atoms with van der Waals surface area (Å²) in [6, 6.07) is 17.9. The number of rotatable bonds is 10. The van der Waals surface area contributed by atoms with Gasteiger partial charge < -0.3 is 19.9 Å². The summed E-state index contributed by atoms with van der Waals surface area (Å²) in [4.78, 5) is 35.1. The third-order valence-corrected chi connectivity index (χ3v) is 9.06. The first-order valence-electron chi connectivity index (χ1n) is 14.2. The van der Waals surface area contributed by atoms with E-state index in [0.29, 0.717) is 25.3 Å². The van der Waals surface area contributed by atoms with Gasteiger partial charge in [0.2, 0.25) is 5.91 Å². The monoisotopic (exact) mass is 560 g/mol. The summed E-state index contributed by atoms with van der Waals surface area (Å²) in [5.74, 6) is -0.541. The molecule has 40 heavy (non-hydrogen) atoms. The van der Waals surface area contributed by atoms with E-state index in [1.807, 2.05) is 46.7 Å². The fourth-order valence-corrected chi connectivity index (χ4v) is 6.86. The predicted octanol–water partition coefficient (Wildman–Crippen LogP) is 4.62. The Hall–Kier alpha value is -3.20. The van der Waals surface area contributed by atoms with Gasteiger partial charge in [0.15, 0.2) is 0 Å². The zero-order valence-corrected chi connectivity index (χ0v) is 24.6. The van der Waals surface area contributed by atoms with E-state index in [1.54, 1.807) is 18.4 Å². The Morgan fingerprint density at radius 3 is 2.58 bits per heavy atom. The number of carbonyl (C=O) groups excluding carboxylic acids is 2. The van der Waals surface area contributed by atoms with Crippen molar-refractivity contribution in [2.24, 2.45) is 0 Å². The van der Waals surface area contributed by atoms with Crippen molar-refractivity contribution in [2.75, 3.05) is 64.4 Å². The zero-order valence-electron chi connectivity index (χ0n) is 23.8. The van der Waals surface area contributed by atoms with Crippen LogP contribution in [0, 0.1) is 13.8 Å². The number of ether oxygens (including phenoxy) is 1. The minimum absolute atomic E-state index is 0.0273. The molecule has 3 aromatic rings. The van der Waals surface area contributed by atoms with E-state index in [4.69, 9.17) is 4.74 Å². The number of benzene rings is 2. The molecule has 8 heteroatoms. The Bertz CT molecular complexity index is 1300. The number of hydrogen-bond donors (Lipinski definition) is 1. The van der Waals surface area contributed by atoms with E-state index < -0.39 is 5.92 Å². The molecular weight excluding hydrogens is 520 g/mol. The second-order valence-electron chi connectivity index (χ2n) is 10.8. The van der Waals surface area contributed by atoms with Crippen LogP contribution in [0.3, 0.4) is 0 Å². The van der Waals surface area contributed by atoms with Gasteiger partial charge in [-0.1, -0.05) is 36.4 Å². The molecule has 2 atom stereocenters. The number of carbonyl (C=O) groups is 2. The summed E-state index contributed by atoms with van der Waals surface area (Å²) < 4.78 is 5.32. The van der Waals surface area contributed by atoms with Crippen LogP contribution in [-0.2, 0) is 9.53 Å². The maximum Gasteiger partial charge on any atom is 0.254 e. The van der Waals surface area contributed by atoms with Crippen LogP contribution in [0.15, 0.2) is 60.0 Å². The number of aryl methyl sites for hydroxylation is 2. The van der Waals surface area contributed by atoms with E-state index in [2.05, 4.69) is 47.2 Å². The maximum atomic E-state index is 13.8. The van der Waals surface area contributed by atoms with Gasteiger partial charge in [-0.05, 0) is 67.1 Å². The Balaban J connectivity index is 1.21. The van der Waals surface area contributed by atoms with Crippen LogP contribution >= 0.6 is 11.3 Å². The molecule has 1 N–H and O–H groups in total. The first kappa shape index (κ1) is 28.3. The minimum atomic E-state index is -0.467. The van der Waals surface area contributed by atoms with E-state index in [9.17, 15) is 9.59 Å². The molecule has 2 aliphatic rings. The topological polar surface area (TPSA) is 65.1 Å².